The third kappa shape index (κ3) is 70.9. The number of hydrogen-bond acceptors (Lipinski definition) is 15. The summed E-state index contributed by atoms with van der Waals surface area (Å²) < 4.78 is 68.5. The van der Waals surface area contributed by atoms with E-state index in [0.29, 0.717) is 25.7 Å². The minimum absolute atomic E-state index is 0.0779. The first kappa shape index (κ1) is 94.5. The summed E-state index contributed by atoms with van der Waals surface area (Å²) in [5.74, 6) is -2.21. The fraction of sp³-hybridized carbons (Fsp3) is 0.797. The maximum absolute atomic E-state index is 13.1. The molecule has 0 heterocycles. The Morgan fingerprint density at radius 2 is 0.500 bits per heavy atom. The Kier molecular flexibility index (Phi) is 69.3. The van der Waals surface area contributed by atoms with Gasteiger partial charge in [-0.05, 0) is 128 Å². The first-order valence-electron chi connectivity index (χ1n) is 39.2. The molecule has 0 rings (SSSR count). The molecule has 98 heavy (non-hydrogen) atoms. The Labute approximate surface area is 596 Å². The van der Waals surface area contributed by atoms with Crippen molar-refractivity contribution in [2.45, 2.75) is 367 Å². The zero-order chi connectivity index (χ0) is 71.8. The maximum atomic E-state index is 13.1. The molecule has 2 unspecified atom stereocenters. The molecular weight excluding hydrogens is 1280 g/mol. The molecular formula is C79H142O17P2. The molecule has 0 saturated carbocycles. The molecule has 0 aliphatic rings. The van der Waals surface area contributed by atoms with Crippen molar-refractivity contribution >= 4 is 39.5 Å². The lowest BCUT2D eigenvalue weighted by Crippen LogP contribution is -2.30. The van der Waals surface area contributed by atoms with E-state index in [0.717, 1.165) is 154 Å². The summed E-state index contributed by atoms with van der Waals surface area (Å²) in [6.07, 6.45) is 71.6. The molecule has 570 valence electrons. The fourth-order valence-corrected chi connectivity index (χ4v) is 12.2. The van der Waals surface area contributed by atoms with Crippen molar-refractivity contribution in [2.75, 3.05) is 39.6 Å². The Balaban J connectivity index is 5.37. The summed E-state index contributed by atoms with van der Waals surface area (Å²) in [5, 5.41) is 10.6. The zero-order valence-electron chi connectivity index (χ0n) is 62.2. The molecule has 0 amide bonds. The van der Waals surface area contributed by atoms with Gasteiger partial charge in [-0.2, -0.15) is 0 Å². The van der Waals surface area contributed by atoms with E-state index >= 15 is 0 Å². The predicted molar refractivity (Wildman–Crippen MR) is 400 cm³/mol. The second-order valence-corrected chi connectivity index (χ2v) is 29.3. The van der Waals surface area contributed by atoms with Crippen LogP contribution in [0.25, 0.3) is 0 Å². The predicted octanol–water partition coefficient (Wildman–Crippen LogP) is 22.4. The number of ether oxygens (including phenoxy) is 4. The number of allylic oxidation sites excluding steroid dienone is 12. The van der Waals surface area contributed by atoms with Crippen LogP contribution in [-0.2, 0) is 65.4 Å². The van der Waals surface area contributed by atoms with Crippen molar-refractivity contribution in [2.24, 2.45) is 0 Å². The van der Waals surface area contributed by atoms with Gasteiger partial charge in [-0.25, -0.2) is 9.13 Å². The average molecular weight is 1430 g/mol. The van der Waals surface area contributed by atoms with Gasteiger partial charge in [-0.3, -0.25) is 37.3 Å². The number of carbonyl (C=O) groups is 4. The van der Waals surface area contributed by atoms with E-state index in [1.54, 1.807) is 0 Å². The largest absolute Gasteiger partial charge is 0.472 e. The van der Waals surface area contributed by atoms with Crippen molar-refractivity contribution in [3.05, 3.63) is 72.9 Å². The second kappa shape index (κ2) is 71.9. The first-order chi connectivity index (χ1) is 47.7. The van der Waals surface area contributed by atoms with E-state index < -0.39 is 97.5 Å². The van der Waals surface area contributed by atoms with Crippen LogP contribution in [0, 0.1) is 0 Å². The molecule has 5 atom stereocenters. The molecule has 0 aliphatic carbocycles. The molecule has 0 radical (unpaired) electrons. The maximum Gasteiger partial charge on any atom is 0.472 e. The molecule has 0 bridgehead atoms. The lowest BCUT2D eigenvalue weighted by atomic mass is 10.1. The van der Waals surface area contributed by atoms with Gasteiger partial charge < -0.3 is 33.8 Å². The minimum Gasteiger partial charge on any atom is -0.462 e. The summed E-state index contributed by atoms with van der Waals surface area (Å²) in [6.45, 7) is 4.80. The van der Waals surface area contributed by atoms with Crippen LogP contribution < -0.4 is 0 Å². The number of hydrogen-bond donors (Lipinski definition) is 3. The van der Waals surface area contributed by atoms with Crippen LogP contribution in [0.4, 0.5) is 0 Å². The molecule has 0 aromatic heterocycles. The molecule has 3 N–H and O–H groups in total. The number of rotatable bonds is 74. The van der Waals surface area contributed by atoms with Gasteiger partial charge in [0.1, 0.15) is 19.3 Å². The minimum atomic E-state index is -4.98. The molecule has 0 aliphatic heterocycles. The van der Waals surface area contributed by atoms with Crippen molar-refractivity contribution in [3.8, 4) is 0 Å². The number of phosphoric ester groups is 2. The van der Waals surface area contributed by atoms with E-state index in [-0.39, 0.29) is 25.7 Å². The zero-order valence-corrected chi connectivity index (χ0v) is 64.0. The third-order valence-electron chi connectivity index (χ3n) is 16.7. The van der Waals surface area contributed by atoms with Crippen LogP contribution in [0.15, 0.2) is 72.9 Å². The number of unbranched alkanes of at least 4 members (excludes halogenated alkanes) is 38. The van der Waals surface area contributed by atoms with E-state index in [4.69, 9.17) is 37.0 Å². The van der Waals surface area contributed by atoms with Crippen LogP contribution in [0.3, 0.4) is 0 Å². The summed E-state index contributed by atoms with van der Waals surface area (Å²) in [5.41, 5.74) is 0. The van der Waals surface area contributed by atoms with Gasteiger partial charge in [-0.15, -0.1) is 0 Å². The highest BCUT2D eigenvalue weighted by Crippen LogP contribution is 2.45. The number of aliphatic hydroxyl groups is 1. The van der Waals surface area contributed by atoms with Gasteiger partial charge in [0.25, 0.3) is 0 Å². The Morgan fingerprint density at radius 1 is 0.286 bits per heavy atom. The topological polar surface area (TPSA) is 237 Å². The summed E-state index contributed by atoms with van der Waals surface area (Å²) in [4.78, 5) is 72.9. The van der Waals surface area contributed by atoms with Crippen LogP contribution in [0.1, 0.15) is 349 Å². The van der Waals surface area contributed by atoms with Crippen LogP contribution >= 0.6 is 15.6 Å². The molecule has 0 spiro atoms. The fourth-order valence-electron chi connectivity index (χ4n) is 10.6. The highest BCUT2D eigenvalue weighted by atomic mass is 31.2. The Morgan fingerprint density at radius 3 is 0.776 bits per heavy atom. The quantitative estimate of drug-likeness (QED) is 0.0128. The Hall–Kier alpha value is -3.50. The summed E-state index contributed by atoms with van der Waals surface area (Å²) in [6, 6.07) is 0. The number of aliphatic hydroxyl groups excluding tert-OH is 1. The molecule has 17 nitrogen and oxygen atoms in total. The lowest BCUT2D eigenvalue weighted by Gasteiger charge is -2.21. The monoisotopic (exact) mass is 1420 g/mol. The summed E-state index contributed by atoms with van der Waals surface area (Å²) >= 11 is 0. The van der Waals surface area contributed by atoms with E-state index in [1.807, 2.05) is 0 Å². The number of phosphoric acid groups is 2. The first-order valence-corrected chi connectivity index (χ1v) is 42.2. The van der Waals surface area contributed by atoms with Crippen molar-refractivity contribution in [3.63, 3.8) is 0 Å². The smallest absolute Gasteiger partial charge is 0.462 e. The molecule has 0 fully saturated rings. The van der Waals surface area contributed by atoms with Crippen LogP contribution in [0.2, 0.25) is 0 Å². The van der Waals surface area contributed by atoms with Gasteiger partial charge in [0.2, 0.25) is 0 Å². The lowest BCUT2D eigenvalue weighted by molar-refractivity contribution is -0.161. The molecule has 0 aromatic carbocycles. The van der Waals surface area contributed by atoms with Gasteiger partial charge in [0, 0.05) is 25.7 Å². The van der Waals surface area contributed by atoms with E-state index in [2.05, 4.69) is 101 Å². The SMILES string of the molecule is CCCCCC/C=C\C=C/CCCCCCCC(=O)O[C@H](COC(=O)CCCCCCC/C=C\CCCCCC)COP(=O)(O)OC[C@H](O)COP(=O)(O)OC[C@@H](COC(=O)CCCCCCC/C=C\CCCCCCCC)OC(=O)CCCCCCC/C=C\C=C/CCCCCC. The molecule has 0 aromatic rings. The normalized spacial score (nSPS) is 14.3. The second-order valence-electron chi connectivity index (χ2n) is 26.3. The standard InChI is InChI=1S/C79H142O17P2/c1-5-9-13-17-21-25-29-33-36-40-44-48-52-56-60-64-77(82)90-70-75(96-79(84)66-62-58-54-50-46-42-38-35-31-27-23-19-15-11-7-3)72-94-98(87,88)92-68-73(80)67-91-97(85,86)93-71-74(69-89-76(81)63-59-55-51-47-43-39-32-28-24-20-16-12-8-4)95-78(83)65-61-57-53-49-45-41-37-34-30-26-22-18-14-10-6-2/h26-28,30-38,73-75,80H,5-25,29,39-72H2,1-4H3,(H,85,86)(H,87,88)/b30-26-,31-27-,32-28-,36-33-,37-34-,38-35-/t73-,74+,75+/m0/s1. The van der Waals surface area contributed by atoms with Crippen LogP contribution in [-0.4, -0.2) is 96.7 Å². The van der Waals surface area contributed by atoms with Gasteiger partial charge >= 0.3 is 39.5 Å². The van der Waals surface area contributed by atoms with Gasteiger partial charge in [0.05, 0.1) is 26.4 Å². The van der Waals surface area contributed by atoms with E-state index in [1.165, 1.54) is 116 Å². The van der Waals surface area contributed by atoms with Crippen molar-refractivity contribution in [1.82, 2.24) is 0 Å². The average Bonchev–Trinajstić information content (AvgIpc) is 1.05. The highest BCUT2D eigenvalue weighted by molar-refractivity contribution is 7.47. The van der Waals surface area contributed by atoms with Gasteiger partial charge in [-0.1, -0.05) is 268 Å². The third-order valence-corrected chi connectivity index (χ3v) is 18.6. The summed E-state index contributed by atoms with van der Waals surface area (Å²) in [7, 11) is -9.95. The number of esters is 4. The Bertz CT molecular complexity index is 2140. The molecule has 19 heteroatoms. The van der Waals surface area contributed by atoms with Crippen molar-refractivity contribution < 1.29 is 80.2 Å². The van der Waals surface area contributed by atoms with Gasteiger partial charge in [0.15, 0.2) is 12.2 Å². The molecule has 0 saturated heterocycles. The van der Waals surface area contributed by atoms with E-state index in [9.17, 15) is 43.2 Å². The highest BCUT2D eigenvalue weighted by Gasteiger charge is 2.30. The number of carbonyl (C=O) groups excluding carboxylic acids is 4. The van der Waals surface area contributed by atoms with Crippen LogP contribution in [0.5, 0.6) is 0 Å². The van der Waals surface area contributed by atoms with Crippen molar-refractivity contribution in [1.29, 1.82) is 0 Å².